The normalized spacial score (nSPS) is 13.8. The molecule has 0 atom stereocenters. The van der Waals surface area contributed by atoms with Crippen molar-refractivity contribution in [1.82, 2.24) is 18.7 Å². The zero-order valence-electron chi connectivity index (χ0n) is 16.0. The Balaban J connectivity index is 1.74. The van der Waals surface area contributed by atoms with Crippen LogP contribution in [-0.4, -0.2) is 18.7 Å². The van der Waals surface area contributed by atoms with Crippen molar-refractivity contribution in [1.29, 1.82) is 0 Å². The van der Waals surface area contributed by atoms with E-state index in [-0.39, 0.29) is 23.5 Å². The first-order valence-corrected chi connectivity index (χ1v) is 9.72. The summed E-state index contributed by atoms with van der Waals surface area (Å²) in [7, 11) is 0. The van der Waals surface area contributed by atoms with Gasteiger partial charge >= 0.3 is 5.69 Å². The van der Waals surface area contributed by atoms with E-state index < -0.39 is 17.1 Å². The van der Waals surface area contributed by atoms with Gasteiger partial charge in [0.1, 0.15) is 11.6 Å². The molecule has 0 aliphatic heterocycles. The molecule has 0 spiro atoms. The standard InChI is InChI=1S/C22H18F2N4O2/c23-16-8-6-14(7-9-16)11-26-13-25-20-19(26)21(29)27(12-15-4-5-15)22(30)28(20)18-3-1-2-17(24)10-18/h1-3,6-10,13,15H,4-5,11-12H2. The molecule has 1 aliphatic carbocycles. The van der Waals surface area contributed by atoms with E-state index in [4.69, 9.17) is 0 Å². The number of nitrogens with zero attached hydrogens (tertiary/aromatic N) is 4. The van der Waals surface area contributed by atoms with Crippen molar-refractivity contribution >= 4 is 11.2 Å². The Hall–Kier alpha value is -3.55. The quantitative estimate of drug-likeness (QED) is 0.510. The summed E-state index contributed by atoms with van der Waals surface area (Å²) in [4.78, 5) is 30.8. The highest BCUT2D eigenvalue weighted by Crippen LogP contribution is 2.30. The summed E-state index contributed by atoms with van der Waals surface area (Å²) in [6.07, 6.45) is 3.42. The third-order valence-electron chi connectivity index (χ3n) is 5.37. The van der Waals surface area contributed by atoms with Gasteiger partial charge in [0.25, 0.3) is 5.56 Å². The summed E-state index contributed by atoms with van der Waals surface area (Å²) in [5.74, 6) is -0.540. The monoisotopic (exact) mass is 408 g/mol. The van der Waals surface area contributed by atoms with Crippen LogP contribution in [0.5, 0.6) is 0 Å². The van der Waals surface area contributed by atoms with E-state index in [2.05, 4.69) is 4.98 Å². The summed E-state index contributed by atoms with van der Waals surface area (Å²) in [5.41, 5.74) is 0.564. The predicted molar refractivity (Wildman–Crippen MR) is 108 cm³/mol. The van der Waals surface area contributed by atoms with Gasteiger partial charge in [-0.3, -0.25) is 9.36 Å². The van der Waals surface area contributed by atoms with Crippen molar-refractivity contribution in [2.45, 2.75) is 25.9 Å². The van der Waals surface area contributed by atoms with Gasteiger partial charge in [0.15, 0.2) is 11.2 Å². The average Bonchev–Trinajstić information content (AvgIpc) is 3.46. The van der Waals surface area contributed by atoms with Crippen LogP contribution in [0.25, 0.3) is 16.9 Å². The minimum atomic E-state index is -0.531. The molecule has 2 heterocycles. The summed E-state index contributed by atoms with van der Waals surface area (Å²) in [6, 6.07) is 11.6. The molecule has 0 N–H and O–H groups in total. The van der Waals surface area contributed by atoms with Crippen LogP contribution in [0.15, 0.2) is 64.4 Å². The minimum absolute atomic E-state index is 0.171. The minimum Gasteiger partial charge on any atom is -0.320 e. The van der Waals surface area contributed by atoms with Gasteiger partial charge in [0.2, 0.25) is 0 Å². The molecule has 6 nitrogen and oxygen atoms in total. The molecular formula is C22H18F2N4O2. The highest BCUT2D eigenvalue weighted by Gasteiger charge is 2.26. The maximum Gasteiger partial charge on any atom is 0.337 e. The fourth-order valence-corrected chi connectivity index (χ4v) is 3.65. The topological polar surface area (TPSA) is 61.8 Å². The number of aromatic nitrogens is 4. The lowest BCUT2D eigenvalue weighted by Crippen LogP contribution is -2.40. The zero-order valence-corrected chi connectivity index (χ0v) is 16.0. The molecule has 1 saturated carbocycles. The number of fused-ring (bicyclic) bond motifs is 1. The Morgan fingerprint density at radius 2 is 1.77 bits per heavy atom. The Kier molecular flexibility index (Phi) is 4.34. The van der Waals surface area contributed by atoms with Gasteiger partial charge in [-0.15, -0.1) is 0 Å². The highest BCUT2D eigenvalue weighted by molar-refractivity contribution is 5.72. The number of hydrogen-bond donors (Lipinski definition) is 0. The molecule has 0 saturated heterocycles. The van der Waals surface area contributed by atoms with Crippen LogP contribution in [0.1, 0.15) is 18.4 Å². The Morgan fingerprint density at radius 3 is 2.47 bits per heavy atom. The maximum absolute atomic E-state index is 13.9. The van der Waals surface area contributed by atoms with Crippen molar-refractivity contribution in [3.05, 3.63) is 92.9 Å². The molecule has 0 bridgehead atoms. The van der Waals surface area contributed by atoms with Crippen LogP contribution in [0, 0.1) is 17.6 Å². The van der Waals surface area contributed by atoms with Crippen molar-refractivity contribution in [3.63, 3.8) is 0 Å². The second-order valence-corrected chi connectivity index (χ2v) is 7.63. The van der Waals surface area contributed by atoms with E-state index in [0.717, 1.165) is 18.4 Å². The number of rotatable bonds is 5. The van der Waals surface area contributed by atoms with Gasteiger partial charge < -0.3 is 4.57 Å². The smallest absolute Gasteiger partial charge is 0.320 e. The largest absolute Gasteiger partial charge is 0.337 e. The Bertz CT molecular complexity index is 1360. The summed E-state index contributed by atoms with van der Waals surface area (Å²) in [6.45, 7) is 0.613. The lowest BCUT2D eigenvalue weighted by Gasteiger charge is -2.12. The maximum atomic E-state index is 13.9. The molecule has 5 rings (SSSR count). The van der Waals surface area contributed by atoms with E-state index in [1.54, 1.807) is 22.8 Å². The molecule has 0 amide bonds. The molecule has 30 heavy (non-hydrogen) atoms. The van der Waals surface area contributed by atoms with Crippen molar-refractivity contribution < 1.29 is 8.78 Å². The predicted octanol–water partition coefficient (Wildman–Crippen LogP) is 3.09. The number of halogens is 2. The van der Waals surface area contributed by atoms with Gasteiger partial charge in [-0.1, -0.05) is 18.2 Å². The lowest BCUT2D eigenvalue weighted by molar-refractivity contribution is 0.566. The van der Waals surface area contributed by atoms with Crippen molar-refractivity contribution in [2.75, 3.05) is 0 Å². The number of hydrogen-bond acceptors (Lipinski definition) is 3. The molecule has 0 radical (unpaired) electrons. The lowest BCUT2D eigenvalue weighted by atomic mass is 10.2. The fraction of sp³-hybridized carbons (Fsp3) is 0.227. The Morgan fingerprint density at radius 1 is 1.00 bits per heavy atom. The SMILES string of the molecule is O=c1c2c(ncn2Cc2ccc(F)cc2)n(-c2cccc(F)c2)c(=O)n1CC1CC1. The van der Waals surface area contributed by atoms with Crippen LogP contribution in [0.3, 0.4) is 0 Å². The summed E-state index contributed by atoms with van der Waals surface area (Å²) in [5, 5.41) is 0. The highest BCUT2D eigenvalue weighted by atomic mass is 19.1. The third kappa shape index (κ3) is 3.24. The van der Waals surface area contributed by atoms with E-state index in [0.29, 0.717) is 18.2 Å². The van der Waals surface area contributed by atoms with Crippen LogP contribution < -0.4 is 11.2 Å². The van der Waals surface area contributed by atoms with Gasteiger partial charge in [-0.25, -0.2) is 23.1 Å². The van der Waals surface area contributed by atoms with E-state index in [9.17, 15) is 18.4 Å². The third-order valence-corrected chi connectivity index (χ3v) is 5.37. The molecule has 0 unspecified atom stereocenters. The zero-order chi connectivity index (χ0) is 20.8. The molecule has 8 heteroatoms. The van der Waals surface area contributed by atoms with Crippen molar-refractivity contribution in [3.8, 4) is 5.69 Å². The van der Waals surface area contributed by atoms with E-state index in [1.807, 2.05) is 0 Å². The van der Waals surface area contributed by atoms with Gasteiger partial charge in [-0.05, 0) is 54.7 Å². The molecule has 4 aromatic rings. The van der Waals surface area contributed by atoms with Gasteiger partial charge in [-0.2, -0.15) is 0 Å². The second-order valence-electron chi connectivity index (χ2n) is 7.63. The van der Waals surface area contributed by atoms with E-state index in [1.165, 1.54) is 45.8 Å². The number of imidazole rings is 1. The molecule has 152 valence electrons. The van der Waals surface area contributed by atoms with Crippen LogP contribution in [-0.2, 0) is 13.1 Å². The molecule has 2 aromatic heterocycles. The summed E-state index contributed by atoms with van der Waals surface area (Å²) >= 11 is 0. The first-order valence-electron chi connectivity index (χ1n) is 9.72. The van der Waals surface area contributed by atoms with Gasteiger partial charge in [0, 0.05) is 13.1 Å². The van der Waals surface area contributed by atoms with E-state index >= 15 is 0 Å². The second kappa shape index (κ2) is 7.05. The molecule has 2 aromatic carbocycles. The average molecular weight is 408 g/mol. The molecule has 1 fully saturated rings. The van der Waals surface area contributed by atoms with Crippen molar-refractivity contribution in [2.24, 2.45) is 5.92 Å². The van der Waals surface area contributed by atoms with Gasteiger partial charge in [0.05, 0.1) is 12.0 Å². The number of benzene rings is 2. The first kappa shape index (κ1) is 18.5. The first-order chi connectivity index (χ1) is 14.5. The van der Waals surface area contributed by atoms with Crippen LogP contribution in [0.4, 0.5) is 8.78 Å². The van der Waals surface area contributed by atoms with Crippen LogP contribution in [0.2, 0.25) is 0 Å². The molecular weight excluding hydrogens is 390 g/mol. The molecule has 1 aliphatic rings. The Labute approximate surface area is 169 Å². The fourth-order valence-electron chi connectivity index (χ4n) is 3.65. The summed E-state index contributed by atoms with van der Waals surface area (Å²) < 4.78 is 31.2. The van der Waals surface area contributed by atoms with Crippen LogP contribution >= 0.6 is 0 Å².